The SMILES string of the molecule is C=CCNC(=O)c1cccc(S(=O)(=O)NCc2cc(OC)c(OCC)c(OC)c2)c1. The van der Waals surface area contributed by atoms with Crippen LogP contribution in [0.15, 0.2) is 53.9 Å². The van der Waals surface area contributed by atoms with Crippen molar-refractivity contribution < 1.29 is 27.4 Å². The van der Waals surface area contributed by atoms with Crippen molar-refractivity contribution in [3.05, 3.63) is 60.2 Å². The number of sulfonamides is 1. The Morgan fingerprint density at radius 3 is 2.37 bits per heavy atom. The molecule has 0 fully saturated rings. The van der Waals surface area contributed by atoms with Crippen LogP contribution in [-0.4, -0.2) is 41.7 Å². The third kappa shape index (κ3) is 5.74. The zero-order valence-electron chi connectivity index (χ0n) is 17.2. The van der Waals surface area contributed by atoms with E-state index in [1.165, 1.54) is 32.4 Å². The monoisotopic (exact) mass is 434 g/mol. The highest BCUT2D eigenvalue weighted by atomic mass is 32.2. The highest BCUT2D eigenvalue weighted by molar-refractivity contribution is 7.89. The molecular weight excluding hydrogens is 408 g/mol. The highest BCUT2D eigenvalue weighted by Gasteiger charge is 2.18. The van der Waals surface area contributed by atoms with Crippen molar-refractivity contribution in [2.24, 2.45) is 0 Å². The van der Waals surface area contributed by atoms with Gasteiger partial charge in [-0.05, 0) is 42.8 Å². The lowest BCUT2D eigenvalue weighted by atomic mass is 10.2. The van der Waals surface area contributed by atoms with Crippen LogP contribution in [0.4, 0.5) is 0 Å². The van der Waals surface area contributed by atoms with Gasteiger partial charge in [0.1, 0.15) is 0 Å². The fraction of sp³-hybridized carbons (Fsp3) is 0.286. The smallest absolute Gasteiger partial charge is 0.251 e. The van der Waals surface area contributed by atoms with E-state index in [4.69, 9.17) is 14.2 Å². The summed E-state index contributed by atoms with van der Waals surface area (Å²) in [5, 5.41) is 2.61. The largest absolute Gasteiger partial charge is 0.493 e. The van der Waals surface area contributed by atoms with E-state index < -0.39 is 10.0 Å². The summed E-state index contributed by atoms with van der Waals surface area (Å²) in [4.78, 5) is 12.1. The number of carbonyl (C=O) groups is 1. The maximum atomic E-state index is 12.7. The Labute approximate surface area is 176 Å². The van der Waals surface area contributed by atoms with Gasteiger partial charge in [0.2, 0.25) is 15.8 Å². The molecule has 2 aromatic carbocycles. The van der Waals surface area contributed by atoms with Crippen molar-refractivity contribution in [3.63, 3.8) is 0 Å². The third-order valence-electron chi connectivity index (χ3n) is 4.09. The Balaban J connectivity index is 2.22. The highest BCUT2D eigenvalue weighted by Crippen LogP contribution is 2.38. The fourth-order valence-corrected chi connectivity index (χ4v) is 3.72. The second kappa shape index (κ2) is 10.7. The average molecular weight is 435 g/mol. The Bertz CT molecular complexity index is 979. The molecule has 162 valence electrons. The van der Waals surface area contributed by atoms with E-state index in [0.717, 1.165) is 0 Å². The maximum absolute atomic E-state index is 12.7. The van der Waals surface area contributed by atoms with Crippen molar-refractivity contribution in [1.29, 1.82) is 0 Å². The van der Waals surface area contributed by atoms with Crippen LogP contribution in [0.2, 0.25) is 0 Å². The Morgan fingerprint density at radius 1 is 1.13 bits per heavy atom. The summed E-state index contributed by atoms with van der Waals surface area (Å²) in [7, 11) is -0.869. The normalized spacial score (nSPS) is 10.9. The summed E-state index contributed by atoms with van der Waals surface area (Å²) < 4.78 is 44.2. The van der Waals surface area contributed by atoms with Gasteiger partial charge in [-0.1, -0.05) is 12.1 Å². The first-order valence-corrected chi connectivity index (χ1v) is 10.7. The van der Waals surface area contributed by atoms with Gasteiger partial charge in [0.05, 0.1) is 25.7 Å². The van der Waals surface area contributed by atoms with Crippen LogP contribution in [0.1, 0.15) is 22.8 Å². The Morgan fingerprint density at radius 2 is 1.80 bits per heavy atom. The molecule has 8 nitrogen and oxygen atoms in total. The number of hydrogen-bond acceptors (Lipinski definition) is 6. The lowest BCUT2D eigenvalue weighted by Gasteiger charge is -2.15. The predicted molar refractivity (Wildman–Crippen MR) is 114 cm³/mol. The second-order valence-electron chi connectivity index (χ2n) is 6.11. The predicted octanol–water partition coefficient (Wildman–Crippen LogP) is 2.50. The number of ether oxygens (including phenoxy) is 3. The molecule has 0 aromatic heterocycles. The van der Waals surface area contributed by atoms with Gasteiger partial charge in [-0.2, -0.15) is 0 Å². The molecule has 0 aliphatic heterocycles. The van der Waals surface area contributed by atoms with E-state index in [0.29, 0.717) is 29.4 Å². The second-order valence-corrected chi connectivity index (χ2v) is 7.88. The van der Waals surface area contributed by atoms with E-state index in [1.54, 1.807) is 24.3 Å². The molecule has 30 heavy (non-hydrogen) atoms. The molecule has 0 spiro atoms. The summed E-state index contributed by atoms with van der Waals surface area (Å²) in [6.45, 7) is 6.08. The van der Waals surface area contributed by atoms with Crippen LogP contribution in [0, 0.1) is 0 Å². The van der Waals surface area contributed by atoms with Crippen molar-refractivity contribution in [3.8, 4) is 17.2 Å². The zero-order valence-corrected chi connectivity index (χ0v) is 18.0. The van der Waals surface area contributed by atoms with Crippen molar-refractivity contribution >= 4 is 15.9 Å². The average Bonchev–Trinajstić information content (AvgIpc) is 2.76. The molecular formula is C21H26N2O6S. The van der Waals surface area contributed by atoms with Crippen molar-refractivity contribution in [1.82, 2.24) is 10.0 Å². The van der Waals surface area contributed by atoms with E-state index in [-0.39, 0.29) is 29.5 Å². The molecule has 0 unspecified atom stereocenters. The lowest BCUT2D eigenvalue weighted by molar-refractivity contribution is 0.0958. The molecule has 0 bridgehead atoms. The molecule has 0 aliphatic rings. The van der Waals surface area contributed by atoms with Crippen LogP contribution in [0.25, 0.3) is 0 Å². The summed E-state index contributed by atoms with van der Waals surface area (Å²) in [5.41, 5.74) is 0.861. The molecule has 9 heteroatoms. The Hall–Kier alpha value is -3.04. The van der Waals surface area contributed by atoms with Crippen LogP contribution >= 0.6 is 0 Å². The molecule has 2 rings (SSSR count). The van der Waals surface area contributed by atoms with Crippen molar-refractivity contribution in [2.75, 3.05) is 27.4 Å². The minimum Gasteiger partial charge on any atom is -0.493 e. The van der Waals surface area contributed by atoms with Crippen LogP contribution in [0.5, 0.6) is 17.2 Å². The quantitative estimate of drug-likeness (QED) is 0.527. The van der Waals surface area contributed by atoms with Gasteiger partial charge in [0, 0.05) is 18.7 Å². The lowest BCUT2D eigenvalue weighted by Crippen LogP contribution is -2.25. The topological polar surface area (TPSA) is 103 Å². The number of nitrogens with one attached hydrogen (secondary N) is 2. The molecule has 1 amide bonds. The van der Waals surface area contributed by atoms with Crippen LogP contribution in [0.3, 0.4) is 0 Å². The van der Waals surface area contributed by atoms with Gasteiger partial charge >= 0.3 is 0 Å². The van der Waals surface area contributed by atoms with Gasteiger partial charge in [-0.15, -0.1) is 6.58 Å². The number of benzene rings is 2. The first kappa shape index (κ1) is 23.2. The molecule has 2 aromatic rings. The van der Waals surface area contributed by atoms with Gasteiger partial charge < -0.3 is 19.5 Å². The van der Waals surface area contributed by atoms with Crippen molar-refractivity contribution in [2.45, 2.75) is 18.4 Å². The van der Waals surface area contributed by atoms with Gasteiger partial charge in [-0.3, -0.25) is 4.79 Å². The minimum atomic E-state index is -3.86. The molecule has 0 aliphatic carbocycles. The van der Waals surface area contributed by atoms with Gasteiger partial charge in [-0.25, -0.2) is 13.1 Å². The minimum absolute atomic E-state index is 0.00561. The number of carbonyl (C=O) groups excluding carboxylic acids is 1. The molecule has 0 saturated heterocycles. The molecule has 0 heterocycles. The first-order valence-electron chi connectivity index (χ1n) is 9.22. The van der Waals surface area contributed by atoms with Crippen LogP contribution < -0.4 is 24.2 Å². The summed E-state index contributed by atoms with van der Waals surface area (Å²) in [6, 6.07) is 9.15. The number of amides is 1. The number of methoxy groups -OCH3 is 2. The van der Waals surface area contributed by atoms with E-state index in [9.17, 15) is 13.2 Å². The van der Waals surface area contributed by atoms with E-state index in [1.807, 2.05) is 6.92 Å². The summed E-state index contributed by atoms with van der Waals surface area (Å²) in [5.74, 6) is 0.942. The molecule has 0 radical (unpaired) electrons. The van der Waals surface area contributed by atoms with E-state index in [2.05, 4.69) is 16.6 Å². The standard InChI is InChI=1S/C21H26N2O6S/c1-5-10-22-21(24)16-8-7-9-17(13-16)30(25,26)23-14-15-11-18(27-3)20(29-6-2)19(12-15)28-4/h5,7-9,11-13,23H,1,6,10,14H2,2-4H3,(H,22,24). The van der Waals surface area contributed by atoms with Gasteiger partial charge in [0.15, 0.2) is 11.5 Å². The Kier molecular flexibility index (Phi) is 8.25. The summed E-state index contributed by atoms with van der Waals surface area (Å²) >= 11 is 0. The summed E-state index contributed by atoms with van der Waals surface area (Å²) in [6.07, 6.45) is 1.54. The zero-order chi connectivity index (χ0) is 22.1. The van der Waals surface area contributed by atoms with Crippen LogP contribution in [-0.2, 0) is 16.6 Å². The number of hydrogen-bond donors (Lipinski definition) is 2. The number of rotatable bonds is 11. The molecule has 0 saturated carbocycles. The third-order valence-corrected chi connectivity index (χ3v) is 5.49. The van der Waals surface area contributed by atoms with E-state index >= 15 is 0 Å². The van der Waals surface area contributed by atoms with Gasteiger partial charge in [0.25, 0.3) is 5.91 Å². The maximum Gasteiger partial charge on any atom is 0.251 e. The first-order chi connectivity index (χ1) is 14.4. The fourth-order valence-electron chi connectivity index (χ4n) is 2.66. The molecule has 2 N–H and O–H groups in total. The molecule has 0 atom stereocenters.